The van der Waals surface area contributed by atoms with Crippen LogP contribution in [0.4, 0.5) is 0 Å². The van der Waals surface area contributed by atoms with Gasteiger partial charge in [0.15, 0.2) is 0 Å². The van der Waals surface area contributed by atoms with Crippen LogP contribution in [-0.2, 0) is 14.4 Å². The van der Waals surface area contributed by atoms with Crippen molar-refractivity contribution in [1.82, 2.24) is 4.90 Å². The third kappa shape index (κ3) is 5.94. The van der Waals surface area contributed by atoms with Crippen molar-refractivity contribution in [3.8, 4) is 0 Å². The molecular weight excluding hydrogens is 401 g/mol. The Balaban J connectivity index is 2.02. The van der Waals surface area contributed by atoms with Crippen molar-refractivity contribution < 1.29 is 19.5 Å². The van der Waals surface area contributed by atoms with Crippen molar-refractivity contribution in [3.63, 3.8) is 0 Å². The van der Waals surface area contributed by atoms with Crippen LogP contribution in [0.5, 0.6) is 0 Å². The highest BCUT2D eigenvalue weighted by Crippen LogP contribution is 2.49. The Hall–Kier alpha value is -2.11. The molecule has 1 aliphatic carbocycles. The number of imide groups is 1. The molecule has 28 heavy (non-hydrogen) atoms. The van der Waals surface area contributed by atoms with E-state index in [-0.39, 0.29) is 12.5 Å². The van der Waals surface area contributed by atoms with E-state index in [0.29, 0.717) is 27.5 Å². The molecule has 0 heterocycles. The molecular formula is C21H23Cl2NO4. The molecule has 1 saturated carbocycles. The van der Waals surface area contributed by atoms with E-state index in [9.17, 15) is 14.4 Å². The van der Waals surface area contributed by atoms with Gasteiger partial charge in [-0.2, -0.15) is 0 Å². The predicted molar refractivity (Wildman–Crippen MR) is 109 cm³/mol. The lowest BCUT2D eigenvalue weighted by atomic mass is 10.1. The maximum atomic E-state index is 12.4. The summed E-state index contributed by atoms with van der Waals surface area (Å²) in [5, 5.41) is 9.97. The molecule has 1 N–H and O–H groups in total. The van der Waals surface area contributed by atoms with E-state index in [0.717, 1.165) is 16.9 Å². The van der Waals surface area contributed by atoms with Gasteiger partial charge in [0.05, 0.1) is 10.0 Å². The van der Waals surface area contributed by atoms with Gasteiger partial charge in [0.2, 0.25) is 0 Å². The number of rotatable bonds is 6. The third-order valence-corrected chi connectivity index (χ3v) is 5.15. The van der Waals surface area contributed by atoms with Gasteiger partial charge in [-0.25, -0.2) is 4.79 Å². The normalized spacial score (nSPS) is 19.1. The zero-order chi connectivity index (χ0) is 21.0. The number of hydrogen-bond acceptors (Lipinski definition) is 3. The molecule has 5 nitrogen and oxygen atoms in total. The third-order valence-electron chi connectivity index (χ3n) is 4.41. The van der Waals surface area contributed by atoms with Gasteiger partial charge in [-0.05, 0) is 54.4 Å². The molecule has 0 aliphatic heterocycles. The summed E-state index contributed by atoms with van der Waals surface area (Å²) < 4.78 is 0. The highest BCUT2D eigenvalue weighted by molar-refractivity contribution is 6.42. The fourth-order valence-electron chi connectivity index (χ4n) is 2.90. The average Bonchev–Trinajstić information content (AvgIpc) is 3.39. The number of allylic oxidation sites excluding steroid dienone is 3. The first-order valence-electron chi connectivity index (χ1n) is 9.00. The van der Waals surface area contributed by atoms with Gasteiger partial charge in [0, 0.05) is 12.6 Å². The van der Waals surface area contributed by atoms with E-state index in [1.807, 2.05) is 38.1 Å². The van der Waals surface area contributed by atoms with Gasteiger partial charge in [0.1, 0.15) is 0 Å². The Morgan fingerprint density at radius 3 is 2.50 bits per heavy atom. The number of nitrogens with zero attached hydrogens (tertiary/aromatic N) is 1. The standard InChI is InChI=1S/C21H23Cl2NO4/c1-12(2)11-24(20(26)21(27)28)19(25)8-13(3)4-5-14-9-16(14)15-6-7-17(22)18(23)10-15/h4-8,10,12,14,16H,9,11H2,1-3H3,(H,27,28)/b5-4+,13-8+/t14-,16-/m1/s1. The molecule has 1 aliphatic rings. The fraction of sp³-hybridized carbons (Fsp3) is 0.381. The van der Waals surface area contributed by atoms with Gasteiger partial charge in [0.25, 0.3) is 5.91 Å². The summed E-state index contributed by atoms with van der Waals surface area (Å²) in [7, 11) is 0. The summed E-state index contributed by atoms with van der Waals surface area (Å²) in [6.07, 6.45) is 6.10. The van der Waals surface area contributed by atoms with E-state index in [1.54, 1.807) is 13.0 Å². The number of carboxylic acid groups (broad SMARTS) is 1. The molecule has 2 atom stereocenters. The lowest BCUT2D eigenvalue weighted by molar-refractivity contribution is -0.159. The SMILES string of the molecule is CC(/C=C/[C@@H]1C[C@H]1c1ccc(Cl)c(Cl)c1)=C\C(=O)N(CC(C)C)C(=O)C(=O)O. The second kappa shape index (κ2) is 9.39. The molecule has 0 spiro atoms. The van der Waals surface area contributed by atoms with E-state index < -0.39 is 17.8 Å². The highest BCUT2D eigenvalue weighted by atomic mass is 35.5. The zero-order valence-corrected chi connectivity index (χ0v) is 17.5. The molecule has 0 aromatic heterocycles. The van der Waals surface area contributed by atoms with Gasteiger partial charge in [-0.3, -0.25) is 14.5 Å². The molecule has 0 saturated heterocycles. The van der Waals surface area contributed by atoms with Gasteiger partial charge >= 0.3 is 11.9 Å². The van der Waals surface area contributed by atoms with Crippen molar-refractivity contribution in [1.29, 1.82) is 0 Å². The van der Waals surface area contributed by atoms with Crippen LogP contribution in [0, 0.1) is 11.8 Å². The second-order valence-corrected chi connectivity index (χ2v) is 8.19. The molecule has 1 fully saturated rings. The maximum Gasteiger partial charge on any atom is 0.395 e. The zero-order valence-electron chi connectivity index (χ0n) is 16.0. The summed E-state index contributed by atoms with van der Waals surface area (Å²) >= 11 is 12.0. The molecule has 150 valence electrons. The number of amides is 2. The minimum atomic E-state index is -1.64. The van der Waals surface area contributed by atoms with Crippen molar-refractivity contribution in [2.45, 2.75) is 33.1 Å². The average molecular weight is 424 g/mol. The Morgan fingerprint density at radius 2 is 1.93 bits per heavy atom. The quantitative estimate of drug-likeness (QED) is 0.408. The van der Waals surface area contributed by atoms with Crippen LogP contribution in [0.3, 0.4) is 0 Å². The van der Waals surface area contributed by atoms with E-state index >= 15 is 0 Å². The minimum Gasteiger partial charge on any atom is -0.474 e. The number of carbonyl (C=O) groups is 3. The predicted octanol–water partition coefficient (Wildman–Crippen LogP) is 4.70. The van der Waals surface area contributed by atoms with Crippen molar-refractivity contribution >= 4 is 41.0 Å². The number of benzene rings is 1. The van der Waals surface area contributed by atoms with E-state index in [4.69, 9.17) is 28.3 Å². The van der Waals surface area contributed by atoms with Crippen LogP contribution >= 0.6 is 23.2 Å². The van der Waals surface area contributed by atoms with E-state index in [2.05, 4.69) is 0 Å². The molecule has 2 amide bonds. The maximum absolute atomic E-state index is 12.4. The summed E-state index contributed by atoms with van der Waals surface area (Å²) in [5.74, 6) is -2.81. The van der Waals surface area contributed by atoms with Crippen molar-refractivity contribution in [2.75, 3.05) is 6.54 Å². The Morgan fingerprint density at radius 1 is 1.25 bits per heavy atom. The number of hydrogen-bond donors (Lipinski definition) is 1. The lowest BCUT2D eigenvalue weighted by Crippen LogP contribution is -2.42. The molecule has 0 bridgehead atoms. The van der Waals surface area contributed by atoms with Crippen molar-refractivity contribution in [2.24, 2.45) is 11.8 Å². The molecule has 0 unspecified atom stereocenters. The topological polar surface area (TPSA) is 74.7 Å². The summed E-state index contributed by atoms with van der Waals surface area (Å²) in [4.78, 5) is 35.8. The Kier molecular flexibility index (Phi) is 7.44. The Labute approximate surface area is 174 Å². The first kappa shape index (κ1) is 22.2. The highest BCUT2D eigenvalue weighted by Gasteiger charge is 2.36. The summed E-state index contributed by atoms with van der Waals surface area (Å²) in [5.41, 5.74) is 1.77. The molecule has 1 aromatic carbocycles. The largest absolute Gasteiger partial charge is 0.474 e. The van der Waals surface area contributed by atoms with Crippen LogP contribution in [-0.4, -0.2) is 34.3 Å². The number of halogens is 2. The first-order valence-corrected chi connectivity index (χ1v) is 9.76. The van der Waals surface area contributed by atoms with Gasteiger partial charge in [-0.15, -0.1) is 0 Å². The van der Waals surface area contributed by atoms with Crippen LogP contribution in [0.2, 0.25) is 10.0 Å². The molecule has 0 radical (unpaired) electrons. The van der Waals surface area contributed by atoms with Gasteiger partial charge < -0.3 is 5.11 Å². The number of aliphatic carboxylic acids is 1. The Bertz CT molecular complexity index is 845. The monoisotopic (exact) mass is 423 g/mol. The lowest BCUT2D eigenvalue weighted by Gasteiger charge is -2.19. The van der Waals surface area contributed by atoms with Crippen molar-refractivity contribution in [3.05, 3.63) is 57.6 Å². The number of carboxylic acids is 1. The van der Waals surface area contributed by atoms with Gasteiger partial charge in [-0.1, -0.05) is 55.3 Å². The second-order valence-electron chi connectivity index (χ2n) is 7.38. The number of carbonyl (C=O) groups excluding carboxylic acids is 2. The minimum absolute atomic E-state index is 0.0325. The first-order chi connectivity index (χ1) is 13.1. The van der Waals surface area contributed by atoms with Crippen LogP contribution in [0.1, 0.15) is 38.7 Å². The summed E-state index contributed by atoms with van der Waals surface area (Å²) in [6, 6.07) is 5.61. The molecule has 1 aromatic rings. The van der Waals surface area contributed by atoms with Crippen LogP contribution < -0.4 is 0 Å². The smallest absolute Gasteiger partial charge is 0.395 e. The molecule has 7 heteroatoms. The molecule has 2 rings (SSSR count). The van der Waals surface area contributed by atoms with E-state index in [1.165, 1.54) is 6.08 Å². The van der Waals surface area contributed by atoms with Crippen LogP contribution in [0.25, 0.3) is 0 Å². The summed E-state index contributed by atoms with van der Waals surface area (Å²) in [6.45, 7) is 5.41. The van der Waals surface area contributed by atoms with Crippen LogP contribution in [0.15, 0.2) is 42.0 Å². The fourth-order valence-corrected chi connectivity index (χ4v) is 3.21.